The Kier molecular flexibility index (Phi) is 10.5. The van der Waals surface area contributed by atoms with Gasteiger partial charge in [0, 0.05) is 29.2 Å². The van der Waals surface area contributed by atoms with Gasteiger partial charge in [-0.15, -0.1) is 0 Å². The molecule has 2 atom stereocenters. The number of β-lactam (4-membered cyclic amide) rings is 1. The molecule has 16 heteroatoms. The third-order valence-corrected chi connectivity index (χ3v) is 14.0. The van der Waals surface area contributed by atoms with E-state index in [1.807, 2.05) is 0 Å². The van der Waals surface area contributed by atoms with Gasteiger partial charge in [0.1, 0.15) is 18.9 Å². The van der Waals surface area contributed by atoms with Crippen LogP contribution in [0.25, 0.3) is 0 Å². The highest BCUT2D eigenvalue weighted by atomic mass is 32.2. The fourth-order valence-corrected chi connectivity index (χ4v) is 6.86. The van der Waals surface area contributed by atoms with Crippen molar-refractivity contribution in [3.8, 4) is 0 Å². The minimum absolute atomic E-state index is 0.0829. The standard InChI is InChI=1S/C30H35N3O11SSi/c1-30(2,3)46(4,5)44-18-24-25(28(35)42-16-19-6-10-21(11-7-19)32(37)38)31-26(34)23(27(31)45-24)14-15-41-29(36)43-17-20-8-12-22(13-9-20)33(39)40/h6-13,23,27H,14-18H2,1-5H3/t23-,27+/m0/s1. The Morgan fingerprint density at radius 1 is 0.870 bits per heavy atom. The molecule has 2 aliphatic rings. The smallest absolute Gasteiger partial charge is 0.456 e. The maximum atomic E-state index is 13.4. The quantitative estimate of drug-likeness (QED) is 0.0791. The number of carbonyl (C=O) groups is 3. The van der Waals surface area contributed by atoms with Crippen molar-refractivity contribution in [3.05, 3.63) is 90.5 Å². The summed E-state index contributed by atoms with van der Waals surface area (Å²) in [7, 11) is -2.21. The van der Waals surface area contributed by atoms with Gasteiger partial charge in [0.2, 0.25) is 5.91 Å². The van der Waals surface area contributed by atoms with Crippen LogP contribution in [0.15, 0.2) is 59.1 Å². The lowest BCUT2D eigenvalue weighted by Crippen LogP contribution is -2.57. The number of hydrogen-bond donors (Lipinski definition) is 0. The Bertz CT molecular complexity index is 1540. The summed E-state index contributed by atoms with van der Waals surface area (Å²) in [6.07, 6.45) is -0.751. The molecular formula is C30H35N3O11SSi. The largest absolute Gasteiger partial charge is 0.508 e. The number of carbonyl (C=O) groups excluding carboxylic acids is 3. The Hall–Kier alpha value is -4.28. The van der Waals surface area contributed by atoms with Crippen molar-refractivity contribution in [2.75, 3.05) is 13.2 Å². The first-order chi connectivity index (χ1) is 21.6. The molecule has 2 heterocycles. The zero-order chi connectivity index (χ0) is 33.8. The molecule has 2 aromatic carbocycles. The second kappa shape index (κ2) is 14.0. The number of thioether (sulfide) groups is 1. The summed E-state index contributed by atoms with van der Waals surface area (Å²) < 4.78 is 22.1. The van der Waals surface area contributed by atoms with E-state index in [4.69, 9.17) is 18.6 Å². The van der Waals surface area contributed by atoms with Gasteiger partial charge in [-0.3, -0.25) is 29.9 Å². The summed E-state index contributed by atoms with van der Waals surface area (Å²) in [6.45, 7) is 10.2. The van der Waals surface area contributed by atoms with Crippen LogP contribution in [0, 0.1) is 26.1 Å². The van der Waals surface area contributed by atoms with E-state index < -0.39 is 41.6 Å². The Morgan fingerprint density at radius 3 is 1.89 bits per heavy atom. The molecule has 4 rings (SSSR count). The molecule has 0 unspecified atom stereocenters. The van der Waals surface area contributed by atoms with Crippen LogP contribution in [0.5, 0.6) is 0 Å². The predicted octanol–water partition coefficient (Wildman–Crippen LogP) is 6.05. The van der Waals surface area contributed by atoms with Crippen molar-refractivity contribution < 1.29 is 42.9 Å². The number of benzene rings is 2. The number of nitro groups is 2. The van der Waals surface area contributed by atoms with Crippen LogP contribution >= 0.6 is 11.8 Å². The molecule has 0 saturated carbocycles. The van der Waals surface area contributed by atoms with E-state index in [2.05, 4.69) is 33.9 Å². The number of nitrogens with zero attached hydrogens (tertiary/aromatic N) is 3. The van der Waals surface area contributed by atoms with E-state index in [1.54, 1.807) is 0 Å². The van der Waals surface area contributed by atoms with Crippen molar-refractivity contribution in [3.63, 3.8) is 0 Å². The topological polar surface area (TPSA) is 178 Å². The van der Waals surface area contributed by atoms with Gasteiger partial charge in [0.15, 0.2) is 8.32 Å². The van der Waals surface area contributed by atoms with Crippen molar-refractivity contribution in [1.82, 2.24) is 4.90 Å². The molecular weight excluding hydrogens is 638 g/mol. The number of hydrogen-bond acceptors (Lipinski definition) is 12. The van der Waals surface area contributed by atoms with E-state index in [-0.39, 0.29) is 60.9 Å². The first-order valence-corrected chi connectivity index (χ1v) is 18.2. The van der Waals surface area contributed by atoms with E-state index in [1.165, 1.54) is 65.2 Å². The van der Waals surface area contributed by atoms with E-state index in [0.717, 1.165) is 0 Å². The van der Waals surface area contributed by atoms with Crippen molar-refractivity contribution in [2.24, 2.45) is 5.92 Å². The van der Waals surface area contributed by atoms with Gasteiger partial charge in [0.05, 0.1) is 34.4 Å². The van der Waals surface area contributed by atoms with Crippen LogP contribution in [0.4, 0.5) is 16.2 Å². The fourth-order valence-electron chi connectivity index (χ4n) is 4.37. The predicted molar refractivity (Wildman–Crippen MR) is 169 cm³/mol. The van der Waals surface area contributed by atoms with E-state index in [0.29, 0.717) is 16.0 Å². The maximum Gasteiger partial charge on any atom is 0.508 e. The van der Waals surface area contributed by atoms with Crippen molar-refractivity contribution >= 4 is 49.5 Å². The second-order valence-corrected chi connectivity index (χ2v) is 18.3. The number of fused-ring (bicyclic) bond motifs is 1. The lowest BCUT2D eigenvalue weighted by molar-refractivity contribution is -0.385. The average Bonchev–Trinajstić information content (AvgIpc) is 3.35. The van der Waals surface area contributed by atoms with Gasteiger partial charge < -0.3 is 18.6 Å². The molecule has 1 saturated heterocycles. The fraction of sp³-hybridized carbons (Fsp3) is 0.433. The number of esters is 1. The van der Waals surface area contributed by atoms with Gasteiger partial charge in [-0.2, -0.15) is 0 Å². The van der Waals surface area contributed by atoms with Crippen molar-refractivity contribution in [2.45, 2.75) is 63.9 Å². The Morgan fingerprint density at radius 2 is 1.39 bits per heavy atom. The molecule has 0 N–H and O–H groups in total. The van der Waals surface area contributed by atoms with Gasteiger partial charge in [-0.05, 0) is 59.9 Å². The summed E-state index contributed by atoms with van der Waals surface area (Å²) in [5.41, 5.74) is 1.03. The Balaban J connectivity index is 1.36. The summed E-state index contributed by atoms with van der Waals surface area (Å²) in [6, 6.07) is 11.2. The van der Waals surface area contributed by atoms with Gasteiger partial charge in [-0.25, -0.2) is 9.59 Å². The molecule has 46 heavy (non-hydrogen) atoms. The zero-order valence-electron chi connectivity index (χ0n) is 26.0. The third-order valence-electron chi connectivity index (χ3n) is 8.15. The van der Waals surface area contributed by atoms with Crippen LogP contribution in [-0.4, -0.2) is 59.7 Å². The highest BCUT2D eigenvalue weighted by Gasteiger charge is 2.56. The molecule has 0 bridgehead atoms. The summed E-state index contributed by atoms with van der Waals surface area (Å²) in [5.74, 6) is -1.56. The highest BCUT2D eigenvalue weighted by Crippen LogP contribution is 2.51. The number of ether oxygens (including phenoxy) is 3. The van der Waals surface area contributed by atoms with E-state index >= 15 is 0 Å². The molecule has 14 nitrogen and oxygen atoms in total. The minimum Gasteiger partial charge on any atom is -0.456 e. The summed E-state index contributed by atoms with van der Waals surface area (Å²) in [4.78, 5) is 61.4. The van der Waals surface area contributed by atoms with Crippen LogP contribution in [0.1, 0.15) is 38.3 Å². The zero-order valence-corrected chi connectivity index (χ0v) is 27.9. The van der Waals surface area contributed by atoms with Crippen LogP contribution < -0.4 is 0 Å². The lowest BCUT2D eigenvalue weighted by atomic mass is 9.94. The molecule has 0 aliphatic carbocycles. The Labute approximate surface area is 270 Å². The molecule has 1 fully saturated rings. The minimum atomic E-state index is -2.21. The maximum absolute atomic E-state index is 13.4. The third kappa shape index (κ3) is 7.92. The SMILES string of the molecule is CC(C)(C)[Si](C)(C)OCC1=C(C(=O)OCc2ccc([N+](=O)[O-])cc2)N2C(=O)[C@H](CCOC(=O)OCc3ccc([N+](=O)[O-])cc3)[C@H]2S1. The molecule has 0 radical (unpaired) electrons. The average molecular weight is 674 g/mol. The molecule has 0 spiro atoms. The summed E-state index contributed by atoms with van der Waals surface area (Å²) >= 11 is 1.34. The van der Waals surface area contributed by atoms with Crippen molar-refractivity contribution in [1.29, 1.82) is 0 Å². The number of amides is 1. The van der Waals surface area contributed by atoms with Gasteiger partial charge in [0.25, 0.3) is 11.4 Å². The summed E-state index contributed by atoms with van der Waals surface area (Å²) in [5, 5.41) is 21.2. The number of nitro benzene ring substituents is 2. The van der Waals surface area contributed by atoms with Gasteiger partial charge in [-0.1, -0.05) is 32.5 Å². The molecule has 1 amide bonds. The second-order valence-electron chi connectivity index (χ2n) is 12.2. The van der Waals surface area contributed by atoms with Gasteiger partial charge >= 0.3 is 12.1 Å². The molecule has 2 aliphatic heterocycles. The first kappa shape index (κ1) is 34.6. The molecule has 0 aromatic heterocycles. The lowest BCUT2D eigenvalue weighted by Gasteiger charge is -2.42. The van der Waals surface area contributed by atoms with Crippen LogP contribution in [0.3, 0.4) is 0 Å². The highest BCUT2D eigenvalue weighted by molar-refractivity contribution is 8.04. The van der Waals surface area contributed by atoms with Crippen LogP contribution in [0.2, 0.25) is 18.1 Å². The normalized spacial score (nSPS) is 17.7. The van der Waals surface area contributed by atoms with Crippen LogP contribution in [-0.2, 0) is 41.4 Å². The monoisotopic (exact) mass is 673 g/mol. The van der Waals surface area contributed by atoms with E-state index in [9.17, 15) is 34.6 Å². The molecule has 246 valence electrons. The number of rotatable bonds is 13. The number of non-ortho nitro benzene ring substituents is 2. The molecule has 2 aromatic rings. The first-order valence-electron chi connectivity index (χ1n) is 14.4.